The quantitative estimate of drug-likeness (QED) is 0.0404. The lowest BCUT2D eigenvalue weighted by molar-refractivity contribution is -0.146. The van der Waals surface area contributed by atoms with Gasteiger partial charge in [-0.1, -0.05) is 81.0 Å². The largest absolute Gasteiger partial charge is 0.480 e. The fourth-order valence-electron chi connectivity index (χ4n) is 3.26. The molecule has 0 saturated heterocycles. The number of phosphoric ester groups is 1. The number of rotatable bonds is 26. The van der Waals surface area contributed by atoms with Crippen LogP contribution in [0, 0.1) is 0 Å². The molecule has 0 radical (unpaired) electrons. The molecular formula is C31H50NO10P. The van der Waals surface area contributed by atoms with Crippen LogP contribution in [0.1, 0.15) is 84.5 Å². The number of esters is 1. The first-order valence-electron chi connectivity index (χ1n) is 14.8. The fraction of sp³-hybridized carbons (Fsp3) is 0.581. The molecule has 43 heavy (non-hydrogen) atoms. The van der Waals surface area contributed by atoms with Gasteiger partial charge < -0.3 is 25.2 Å². The van der Waals surface area contributed by atoms with Crippen LogP contribution in [0.15, 0.2) is 60.8 Å². The fourth-order valence-corrected chi connectivity index (χ4v) is 4.03. The van der Waals surface area contributed by atoms with Gasteiger partial charge in [-0.25, -0.2) is 9.36 Å². The zero-order chi connectivity index (χ0) is 32.2. The summed E-state index contributed by atoms with van der Waals surface area (Å²) in [4.78, 5) is 44.3. The van der Waals surface area contributed by atoms with Gasteiger partial charge in [-0.2, -0.15) is 0 Å². The summed E-state index contributed by atoms with van der Waals surface area (Å²) in [5.41, 5.74) is 0. The van der Waals surface area contributed by atoms with Crippen LogP contribution in [0.2, 0.25) is 0 Å². The van der Waals surface area contributed by atoms with Gasteiger partial charge in [0.15, 0.2) is 6.04 Å². The smallest absolute Gasteiger partial charge is 0.472 e. The highest BCUT2D eigenvalue weighted by atomic mass is 31.2. The maximum Gasteiger partial charge on any atom is 0.472 e. The number of phosphoric acid groups is 1. The Hall–Kier alpha value is -2.82. The summed E-state index contributed by atoms with van der Waals surface area (Å²) >= 11 is 0. The summed E-state index contributed by atoms with van der Waals surface area (Å²) in [5, 5.41) is 21.2. The molecule has 1 amide bonds. The van der Waals surface area contributed by atoms with Crippen LogP contribution in [-0.4, -0.2) is 64.9 Å². The van der Waals surface area contributed by atoms with Crippen molar-refractivity contribution in [2.24, 2.45) is 0 Å². The number of carboxylic acids is 1. The molecule has 0 aromatic rings. The molecule has 3 unspecified atom stereocenters. The Morgan fingerprint density at radius 3 is 1.84 bits per heavy atom. The highest BCUT2D eigenvalue weighted by Gasteiger charge is 2.28. The van der Waals surface area contributed by atoms with Gasteiger partial charge in [-0.05, 0) is 51.4 Å². The normalized spacial score (nSPS) is 15.1. The van der Waals surface area contributed by atoms with Crippen molar-refractivity contribution < 1.29 is 47.8 Å². The minimum atomic E-state index is -4.73. The van der Waals surface area contributed by atoms with E-state index in [2.05, 4.69) is 86.8 Å². The number of amides is 1. The van der Waals surface area contributed by atoms with Gasteiger partial charge in [-0.15, -0.1) is 0 Å². The Balaban J connectivity index is 4.04. The maximum absolute atomic E-state index is 12.1. The summed E-state index contributed by atoms with van der Waals surface area (Å²) < 4.78 is 25.9. The number of allylic oxidation sites excluding steroid dienone is 10. The maximum atomic E-state index is 12.1. The van der Waals surface area contributed by atoms with E-state index in [-0.39, 0.29) is 12.8 Å². The molecule has 0 fully saturated rings. The van der Waals surface area contributed by atoms with Gasteiger partial charge in [0.05, 0.1) is 13.2 Å². The number of aliphatic carboxylic acids is 1. The predicted octanol–water partition coefficient (Wildman–Crippen LogP) is 5.71. The molecule has 0 aliphatic heterocycles. The Morgan fingerprint density at radius 2 is 1.30 bits per heavy atom. The van der Waals surface area contributed by atoms with Crippen LogP contribution in [0.4, 0.5) is 0 Å². The molecule has 244 valence electrons. The van der Waals surface area contributed by atoms with Gasteiger partial charge in [-0.3, -0.25) is 18.6 Å². The lowest BCUT2D eigenvalue weighted by Crippen LogP contribution is -2.43. The van der Waals surface area contributed by atoms with E-state index in [0.717, 1.165) is 51.4 Å². The Kier molecular flexibility index (Phi) is 25.0. The number of ether oxygens (including phenoxy) is 1. The van der Waals surface area contributed by atoms with Crippen LogP contribution in [0.3, 0.4) is 0 Å². The Labute approximate surface area is 256 Å². The van der Waals surface area contributed by atoms with Crippen LogP contribution in [0.25, 0.3) is 0 Å². The molecule has 0 bridgehead atoms. The molecule has 0 aromatic carbocycles. The number of aliphatic hydroxyl groups is 1. The molecule has 0 aromatic heterocycles. The molecule has 0 heterocycles. The summed E-state index contributed by atoms with van der Waals surface area (Å²) in [7, 11) is -4.73. The number of carbonyl (C=O) groups excluding carboxylic acids is 2. The first kappa shape index (κ1) is 40.2. The van der Waals surface area contributed by atoms with Crippen molar-refractivity contribution in [3.8, 4) is 0 Å². The van der Waals surface area contributed by atoms with Crippen molar-refractivity contribution in [3.05, 3.63) is 60.8 Å². The minimum absolute atomic E-state index is 0.0998. The second-order valence-electron chi connectivity index (χ2n) is 9.52. The van der Waals surface area contributed by atoms with Crippen molar-refractivity contribution in [2.45, 2.75) is 96.6 Å². The van der Waals surface area contributed by atoms with Crippen molar-refractivity contribution >= 4 is 25.7 Å². The molecule has 3 atom stereocenters. The Bertz CT molecular complexity index is 974. The second kappa shape index (κ2) is 26.8. The number of nitrogens with one attached hydrogen (secondary N) is 1. The van der Waals surface area contributed by atoms with E-state index >= 15 is 0 Å². The van der Waals surface area contributed by atoms with Crippen LogP contribution in [0.5, 0.6) is 0 Å². The van der Waals surface area contributed by atoms with Gasteiger partial charge >= 0.3 is 19.8 Å². The van der Waals surface area contributed by atoms with E-state index in [1.807, 2.05) is 0 Å². The van der Waals surface area contributed by atoms with E-state index in [1.165, 1.54) is 0 Å². The lowest BCUT2D eigenvalue weighted by atomic mass is 10.1. The summed E-state index contributed by atoms with van der Waals surface area (Å²) in [6, 6.07) is -1.56. The number of unbranched alkanes of at least 4 members (excludes halogenated alkanes) is 3. The molecule has 12 heteroatoms. The third kappa shape index (κ3) is 26.5. The number of aliphatic hydroxyl groups excluding tert-OH is 1. The topological polar surface area (TPSA) is 169 Å². The predicted molar refractivity (Wildman–Crippen MR) is 166 cm³/mol. The van der Waals surface area contributed by atoms with E-state index in [4.69, 9.17) is 0 Å². The van der Waals surface area contributed by atoms with Crippen LogP contribution in [-0.2, 0) is 32.7 Å². The minimum Gasteiger partial charge on any atom is -0.480 e. The van der Waals surface area contributed by atoms with E-state index in [1.54, 1.807) is 6.92 Å². The molecule has 0 spiro atoms. The monoisotopic (exact) mass is 627 g/mol. The number of hydrogen-bond donors (Lipinski definition) is 4. The molecular weight excluding hydrogens is 577 g/mol. The SMILES string of the molecule is CC/C=C\C/C=C\C/C=C\C/C=C\C/C=C\CCCCCC(=O)NC(COP(=O)(O)OCC(O)COC(=O)CC)C(=O)O. The average molecular weight is 628 g/mol. The molecule has 0 saturated carbocycles. The van der Waals surface area contributed by atoms with Crippen molar-refractivity contribution in [3.63, 3.8) is 0 Å². The summed E-state index contributed by atoms with van der Waals surface area (Å²) in [6.07, 6.45) is 28.1. The van der Waals surface area contributed by atoms with Crippen LogP contribution < -0.4 is 5.32 Å². The van der Waals surface area contributed by atoms with Gasteiger partial charge in [0.2, 0.25) is 5.91 Å². The molecule has 0 aliphatic rings. The molecule has 0 aliphatic carbocycles. The first-order valence-corrected chi connectivity index (χ1v) is 16.3. The van der Waals surface area contributed by atoms with E-state index in [0.29, 0.717) is 6.42 Å². The highest BCUT2D eigenvalue weighted by molar-refractivity contribution is 7.47. The third-order valence-electron chi connectivity index (χ3n) is 5.63. The van der Waals surface area contributed by atoms with Crippen molar-refractivity contribution in [1.29, 1.82) is 0 Å². The number of carboxylic acid groups (broad SMARTS) is 1. The summed E-state index contributed by atoms with van der Waals surface area (Å²) in [5.74, 6) is -2.53. The first-order chi connectivity index (χ1) is 20.6. The van der Waals surface area contributed by atoms with E-state index < -0.39 is 57.6 Å². The molecule has 0 rings (SSSR count). The third-order valence-corrected chi connectivity index (χ3v) is 6.58. The summed E-state index contributed by atoms with van der Waals surface area (Å²) in [6.45, 7) is 1.74. The standard InChI is InChI=1S/C31H50NO10P/c1-3-5-6-7-8-9-10-11-12-13-14-15-16-17-18-19-20-21-22-23-29(34)32-28(31(36)37)26-42-43(38,39)41-25-27(33)24-40-30(35)4-2/h5-6,8-9,11-12,14-15,17-18,27-28,33H,3-4,7,10,13,16,19-26H2,1-2H3,(H,32,34)(H,36,37)(H,38,39)/b6-5-,9-8-,12-11-,15-14-,18-17-. The van der Waals surface area contributed by atoms with Gasteiger partial charge in [0.25, 0.3) is 0 Å². The number of carbonyl (C=O) groups is 3. The zero-order valence-corrected chi connectivity index (χ0v) is 26.4. The highest BCUT2D eigenvalue weighted by Crippen LogP contribution is 2.43. The average Bonchev–Trinajstić information content (AvgIpc) is 2.97. The zero-order valence-electron chi connectivity index (χ0n) is 25.5. The van der Waals surface area contributed by atoms with E-state index in [9.17, 15) is 34.1 Å². The van der Waals surface area contributed by atoms with Crippen LogP contribution >= 0.6 is 7.82 Å². The molecule has 4 N–H and O–H groups in total. The molecule has 11 nitrogen and oxygen atoms in total. The van der Waals surface area contributed by atoms with Crippen molar-refractivity contribution in [2.75, 3.05) is 19.8 Å². The Morgan fingerprint density at radius 1 is 0.767 bits per heavy atom. The number of hydrogen-bond acceptors (Lipinski definition) is 8. The van der Waals surface area contributed by atoms with Gasteiger partial charge in [0.1, 0.15) is 12.7 Å². The van der Waals surface area contributed by atoms with Gasteiger partial charge in [0, 0.05) is 12.8 Å². The van der Waals surface area contributed by atoms with Crippen molar-refractivity contribution in [1.82, 2.24) is 5.32 Å². The lowest BCUT2D eigenvalue weighted by Gasteiger charge is -2.18. The second-order valence-corrected chi connectivity index (χ2v) is 11.0.